The molecular weight excluding hydrogens is 288 g/mol. The minimum atomic E-state index is 0.385. The largest absolute Gasteiger partial charge is 0.307 e. The number of alkyl halides is 1. The summed E-state index contributed by atoms with van der Waals surface area (Å²) in [5.74, 6) is 1.25. The summed E-state index contributed by atoms with van der Waals surface area (Å²) in [5, 5.41) is 8.95. The maximum absolute atomic E-state index is 6.08. The van der Waals surface area contributed by atoms with Crippen LogP contribution in [-0.2, 0) is 32.9 Å². The Bertz CT molecular complexity index is 794. The first-order valence-corrected chi connectivity index (χ1v) is 7.54. The molecule has 3 rings (SSSR count). The summed E-state index contributed by atoms with van der Waals surface area (Å²) >= 11 is 6.08. The Hall–Kier alpha value is -1.82. The van der Waals surface area contributed by atoms with Gasteiger partial charge in [-0.15, -0.1) is 11.6 Å². The topological polar surface area (TPSA) is 53.5 Å². The average Bonchev–Trinajstić information content (AvgIpc) is 3.06. The van der Waals surface area contributed by atoms with Gasteiger partial charge in [-0.25, -0.2) is 4.98 Å². The van der Waals surface area contributed by atoms with Crippen molar-refractivity contribution in [1.82, 2.24) is 29.1 Å². The third-order valence-corrected chi connectivity index (χ3v) is 3.98. The second kappa shape index (κ2) is 5.18. The molecule has 0 N–H and O–H groups in total. The number of hydrogen-bond donors (Lipinski definition) is 0. The number of aromatic nitrogens is 6. The molecule has 0 aliphatic rings. The van der Waals surface area contributed by atoms with Gasteiger partial charge in [0.15, 0.2) is 5.65 Å². The molecule has 3 aromatic heterocycles. The lowest BCUT2D eigenvalue weighted by atomic mass is 10.2. The van der Waals surface area contributed by atoms with Gasteiger partial charge >= 0.3 is 0 Å². The molecule has 7 heteroatoms. The summed E-state index contributed by atoms with van der Waals surface area (Å²) in [6, 6.07) is 0. The Balaban J connectivity index is 2.14. The highest BCUT2D eigenvalue weighted by atomic mass is 35.5. The van der Waals surface area contributed by atoms with Gasteiger partial charge in [-0.3, -0.25) is 9.36 Å². The molecule has 0 aliphatic carbocycles. The Morgan fingerprint density at radius 1 is 1.24 bits per heavy atom. The van der Waals surface area contributed by atoms with Crippen molar-refractivity contribution in [3.05, 3.63) is 29.0 Å². The zero-order valence-electron chi connectivity index (χ0n) is 12.8. The zero-order valence-corrected chi connectivity index (χ0v) is 13.5. The summed E-state index contributed by atoms with van der Waals surface area (Å²) in [4.78, 5) is 4.63. The molecule has 0 unspecified atom stereocenters. The van der Waals surface area contributed by atoms with Crippen molar-refractivity contribution in [2.45, 2.75) is 32.7 Å². The van der Waals surface area contributed by atoms with Gasteiger partial charge in [0, 0.05) is 25.9 Å². The van der Waals surface area contributed by atoms with Gasteiger partial charge in [-0.2, -0.15) is 10.2 Å². The predicted molar refractivity (Wildman–Crippen MR) is 82.5 cm³/mol. The van der Waals surface area contributed by atoms with Gasteiger partial charge in [0.05, 0.1) is 23.8 Å². The molecule has 3 aromatic rings. The molecule has 21 heavy (non-hydrogen) atoms. The molecule has 0 aromatic carbocycles. The van der Waals surface area contributed by atoms with E-state index < -0.39 is 0 Å². The molecule has 0 bridgehead atoms. The predicted octanol–water partition coefficient (Wildman–Crippen LogP) is 2.16. The molecule has 0 spiro atoms. The van der Waals surface area contributed by atoms with Crippen molar-refractivity contribution in [2.24, 2.45) is 14.1 Å². The van der Waals surface area contributed by atoms with E-state index in [0.29, 0.717) is 12.4 Å². The van der Waals surface area contributed by atoms with Crippen LogP contribution in [0.2, 0.25) is 0 Å². The smallest absolute Gasteiger partial charge is 0.159 e. The van der Waals surface area contributed by atoms with E-state index in [1.54, 1.807) is 0 Å². The standard InChI is InChI=1S/C14H19ClN6/c1-5-11-10(7-19(3)18-11)8-21-12(6-15)16-13-9(2)17-20(4)14(13)21/h7H,5-6,8H2,1-4H3. The van der Waals surface area contributed by atoms with E-state index in [0.717, 1.165) is 34.8 Å². The van der Waals surface area contributed by atoms with Gasteiger partial charge in [0.1, 0.15) is 11.3 Å². The summed E-state index contributed by atoms with van der Waals surface area (Å²) in [5.41, 5.74) is 5.17. The van der Waals surface area contributed by atoms with Gasteiger partial charge in [0.25, 0.3) is 0 Å². The van der Waals surface area contributed by atoms with Gasteiger partial charge in [0.2, 0.25) is 0 Å². The minimum absolute atomic E-state index is 0.385. The number of halogens is 1. The normalized spacial score (nSPS) is 11.7. The molecule has 0 amide bonds. The van der Waals surface area contributed by atoms with E-state index >= 15 is 0 Å². The van der Waals surface area contributed by atoms with Crippen molar-refractivity contribution >= 4 is 22.8 Å². The number of imidazole rings is 1. The number of fused-ring (bicyclic) bond motifs is 1. The maximum Gasteiger partial charge on any atom is 0.159 e. The fourth-order valence-corrected chi connectivity index (χ4v) is 3.04. The first-order chi connectivity index (χ1) is 10.0. The molecular formula is C14H19ClN6. The van der Waals surface area contributed by atoms with Crippen LogP contribution < -0.4 is 0 Å². The summed E-state index contributed by atoms with van der Waals surface area (Å²) in [7, 11) is 3.89. The third kappa shape index (κ3) is 2.23. The highest BCUT2D eigenvalue weighted by Crippen LogP contribution is 2.22. The SMILES string of the molecule is CCc1nn(C)cc1Cn1c(CCl)nc2c(C)nn(C)c21. The van der Waals surface area contributed by atoms with Crippen LogP contribution in [0, 0.1) is 6.92 Å². The maximum atomic E-state index is 6.08. The van der Waals surface area contributed by atoms with Crippen LogP contribution in [0.1, 0.15) is 29.7 Å². The van der Waals surface area contributed by atoms with Gasteiger partial charge in [-0.05, 0) is 13.3 Å². The lowest BCUT2D eigenvalue weighted by Gasteiger charge is -2.08. The quantitative estimate of drug-likeness (QED) is 0.694. The van der Waals surface area contributed by atoms with Gasteiger partial charge < -0.3 is 4.57 Å². The summed E-state index contributed by atoms with van der Waals surface area (Å²) in [6.07, 6.45) is 2.97. The second-order valence-electron chi connectivity index (χ2n) is 5.26. The number of nitrogens with zero attached hydrogens (tertiary/aromatic N) is 6. The zero-order chi connectivity index (χ0) is 15.1. The molecule has 0 radical (unpaired) electrons. The van der Waals surface area contributed by atoms with E-state index in [1.807, 2.05) is 30.4 Å². The van der Waals surface area contributed by atoms with E-state index in [1.165, 1.54) is 5.56 Å². The Morgan fingerprint density at radius 3 is 2.67 bits per heavy atom. The average molecular weight is 307 g/mol. The van der Waals surface area contributed by atoms with Crippen LogP contribution in [0.15, 0.2) is 6.20 Å². The lowest BCUT2D eigenvalue weighted by Crippen LogP contribution is -2.08. The fourth-order valence-electron chi connectivity index (χ4n) is 2.83. The van der Waals surface area contributed by atoms with Crippen LogP contribution in [0.4, 0.5) is 0 Å². The monoisotopic (exact) mass is 306 g/mol. The Morgan fingerprint density at radius 2 is 2.00 bits per heavy atom. The summed E-state index contributed by atoms with van der Waals surface area (Å²) < 4.78 is 5.87. The van der Waals surface area contributed by atoms with Crippen molar-refractivity contribution in [1.29, 1.82) is 0 Å². The van der Waals surface area contributed by atoms with Crippen LogP contribution in [-0.4, -0.2) is 29.1 Å². The molecule has 112 valence electrons. The summed E-state index contributed by atoms with van der Waals surface area (Å²) in [6.45, 7) is 4.81. The highest BCUT2D eigenvalue weighted by Gasteiger charge is 2.18. The number of aryl methyl sites for hydroxylation is 4. The van der Waals surface area contributed by atoms with E-state index in [-0.39, 0.29) is 0 Å². The van der Waals surface area contributed by atoms with E-state index in [2.05, 4.69) is 32.9 Å². The Kier molecular flexibility index (Phi) is 3.49. The van der Waals surface area contributed by atoms with Crippen LogP contribution in [0.3, 0.4) is 0 Å². The van der Waals surface area contributed by atoms with Crippen molar-refractivity contribution in [3.63, 3.8) is 0 Å². The van der Waals surface area contributed by atoms with E-state index in [9.17, 15) is 0 Å². The molecule has 3 heterocycles. The van der Waals surface area contributed by atoms with Gasteiger partial charge in [-0.1, -0.05) is 6.92 Å². The fraction of sp³-hybridized carbons (Fsp3) is 0.500. The van der Waals surface area contributed by atoms with E-state index in [4.69, 9.17) is 11.6 Å². The van der Waals surface area contributed by atoms with Crippen molar-refractivity contribution < 1.29 is 0 Å². The first kappa shape index (κ1) is 14.1. The minimum Gasteiger partial charge on any atom is -0.307 e. The molecule has 0 saturated heterocycles. The van der Waals surface area contributed by atoms with Crippen LogP contribution in [0.25, 0.3) is 11.2 Å². The van der Waals surface area contributed by atoms with Crippen LogP contribution >= 0.6 is 11.6 Å². The second-order valence-corrected chi connectivity index (χ2v) is 5.52. The number of hydrogen-bond acceptors (Lipinski definition) is 3. The van der Waals surface area contributed by atoms with Crippen molar-refractivity contribution in [3.8, 4) is 0 Å². The van der Waals surface area contributed by atoms with Crippen LogP contribution in [0.5, 0.6) is 0 Å². The molecule has 6 nitrogen and oxygen atoms in total. The molecule has 0 fully saturated rings. The molecule has 0 saturated carbocycles. The Labute approximate surface area is 128 Å². The number of rotatable bonds is 4. The molecule has 0 aliphatic heterocycles. The third-order valence-electron chi connectivity index (χ3n) is 3.74. The molecule has 0 atom stereocenters. The lowest BCUT2D eigenvalue weighted by molar-refractivity contribution is 0.699. The highest BCUT2D eigenvalue weighted by molar-refractivity contribution is 6.16. The first-order valence-electron chi connectivity index (χ1n) is 7.01. The van der Waals surface area contributed by atoms with Crippen molar-refractivity contribution in [2.75, 3.05) is 0 Å².